The summed E-state index contributed by atoms with van der Waals surface area (Å²) in [5, 5.41) is 0. The number of hydrogen-bond donors (Lipinski definition) is 0. The molecule has 0 aromatic carbocycles. The SMILES string of the molecule is CCO[Si](CCCOCOC1(CC)CCC1)(OCC)OCC. The van der Waals surface area contributed by atoms with Gasteiger partial charge in [-0.25, -0.2) is 0 Å². The van der Waals surface area contributed by atoms with Gasteiger partial charge in [-0.3, -0.25) is 0 Å². The molecule has 22 heavy (non-hydrogen) atoms. The predicted molar refractivity (Wildman–Crippen MR) is 88.8 cm³/mol. The summed E-state index contributed by atoms with van der Waals surface area (Å²) in [7, 11) is -2.52. The molecule has 0 N–H and O–H groups in total. The number of hydrogen-bond acceptors (Lipinski definition) is 5. The van der Waals surface area contributed by atoms with Crippen LogP contribution in [-0.2, 0) is 22.8 Å². The lowest BCUT2D eigenvalue weighted by Gasteiger charge is -2.40. The van der Waals surface area contributed by atoms with Gasteiger partial charge in [0, 0.05) is 32.5 Å². The van der Waals surface area contributed by atoms with E-state index in [1.54, 1.807) is 0 Å². The van der Waals surface area contributed by atoms with Crippen molar-refractivity contribution in [3.05, 3.63) is 0 Å². The lowest BCUT2D eigenvalue weighted by molar-refractivity contribution is -0.175. The zero-order valence-corrected chi connectivity index (χ0v) is 15.8. The van der Waals surface area contributed by atoms with E-state index in [1.807, 2.05) is 20.8 Å². The third-order valence-electron chi connectivity index (χ3n) is 4.22. The highest BCUT2D eigenvalue weighted by Crippen LogP contribution is 2.38. The van der Waals surface area contributed by atoms with Crippen LogP contribution in [0.2, 0.25) is 6.04 Å². The van der Waals surface area contributed by atoms with Gasteiger partial charge in [-0.2, -0.15) is 0 Å². The van der Waals surface area contributed by atoms with Crippen LogP contribution < -0.4 is 0 Å². The summed E-state index contributed by atoms with van der Waals surface area (Å²) in [6.45, 7) is 11.0. The van der Waals surface area contributed by atoms with E-state index in [0.717, 1.165) is 18.9 Å². The Labute approximate surface area is 137 Å². The van der Waals surface area contributed by atoms with Gasteiger partial charge in [0.2, 0.25) is 0 Å². The average Bonchev–Trinajstić information content (AvgIpc) is 2.46. The fraction of sp³-hybridized carbons (Fsp3) is 1.00. The van der Waals surface area contributed by atoms with Crippen molar-refractivity contribution < 1.29 is 22.8 Å². The summed E-state index contributed by atoms with van der Waals surface area (Å²) < 4.78 is 29.0. The molecule has 6 heteroatoms. The van der Waals surface area contributed by atoms with Gasteiger partial charge >= 0.3 is 8.80 Å². The van der Waals surface area contributed by atoms with Crippen LogP contribution in [-0.4, -0.2) is 47.6 Å². The van der Waals surface area contributed by atoms with Crippen LogP contribution in [0.4, 0.5) is 0 Å². The summed E-state index contributed by atoms with van der Waals surface area (Å²) in [6.07, 6.45) is 5.56. The Morgan fingerprint density at radius 3 is 1.91 bits per heavy atom. The Balaban J connectivity index is 2.21. The van der Waals surface area contributed by atoms with Gasteiger partial charge in [-0.05, 0) is 52.9 Å². The van der Waals surface area contributed by atoms with Gasteiger partial charge in [0.25, 0.3) is 0 Å². The second-order valence-corrected chi connectivity index (χ2v) is 8.38. The summed E-state index contributed by atoms with van der Waals surface area (Å²) in [5.41, 5.74) is 0.0977. The van der Waals surface area contributed by atoms with Crippen molar-refractivity contribution >= 4 is 8.80 Å². The van der Waals surface area contributed by atoms with E-state index in [9.17, 15) is 0 Å². The zero-order chi connectivity index (χ0) is 16.3. The first-order chi connectivity index (χ1) is 10.7. The van der Waals surface area contributed by atoms with Crippen LogP contribution in [0.5, 0.6) is 0 Å². The summed E-state index contributed by atoms with van der Waals surface area (Å²) in [5.74, 6) is 0. The lowest BCUT2D eigenvalue weighted by Crippen LogP contribution is -2.46. The molecule has 0 spiro atoms. The molecule has 0 saturated heterocycles. The van der Waals surface area contributed by atoms with Crippen molar-refractivity contribution in [2.24, 2.45) is 0 Å². The van der Waals surface area contributed by atoms with Crippen molar-refractivity contribution in [3.8, 4) is 0 Å². The molecule has 132 valence electrons. The average molecular weight is 335 g/mol. The van der Waals surface area contributed by atoms with E-state index in [0.29, 0.717) is 33.2 Å². The molecule has 0 aromatic heterocycles. The Morgan fingerprint density at radius 1 is 0.909 bits per heavy atom. The molecule has 0 aliphatic heterocycles. The third-order valence-corrected chi connectivity index (χ3v) is 7.37. The monoisotopic (exact) mass is 334 g/mol. The smallest absolute Gasteiger partial charge is 0.374 e. The standard InChI is InChI=1S/C16H34O5Si/c1-5-16(11-9-12-16)18-15-17-13-10-14-22(19-6-2,20-7-3)21-8-4/h5-15H2,1-4H3. The topological polar surface area (TPSA) is 46.2 Å². The molecule has 0 heterocycles. The van der Waals surface area contributed by atoms with Crippen LogP contribution >= 0.6 is 0 Å². The second kappa shape index (κ2) is 10.7. The highest BCUT2D eigenvalue weighted by Gasteiger charge is 2.39. The zero-order valence-electron chi connectivity index (χ0n) is 14.8. The van der Waals surface area contributed by atoms with Crippen LogP contribution in [0.25, 0.3) is 0 Å². The maximum atomic E-state index is 5.88. The van der Waals surface area contributed by atoms with Gasteiger partial charge in [0.1, 0.15) is 6.79 Å². The second-order valence-electron chi connectivity index (χ2n) is 5.65. The predicted octanol–water partition coefficient (Wildman–Crippen LogP) is 3.75. The lowest BCUT2D eigenvalue weighted by atomic mass is 9.78. The molecule has 1 aliphatic carbocycles. The Bertz CT molecular complexity index is 261. The molecule has 0 bridgehead atoms. The summed E-state index contributed by atoms with van der Waals surface area (Å²) >= 11 is 0. The van der Waals surface area contributed by atoms with Crippen molar-refractivity contribution in [3.63, 3.8) is 0 Å². The van der Waals surface area contributed by atoms with Crippen LogP contribution in [0.1, 0.15) is 59.8 Å². The highest BCUT2D eigenvalue weighted by atomic mass is 28.4. The van der Waals surface area contributed by atoms with Crippen LogP contribution in [0.3, 0.4) is 0 Å². The fourth-order valence-electron chi connectivity index (χ4n) is 2.79. The molecule has 1 saturated carbocycles. The van der Waals surface area contributed by atoms with E-state index < -0.39 is 8.80 Å². The van der Waals surface area contributed by atoms with E-state index in [-0.39, 0.29) is 5.60 Å². The maximum Gasteiger partial charge on any atom is 0.501 e. The van der Waals surface area contributed by atoms with E-state index in [1.165, 1.54) is 19.3 Å². The van der Waals surface area contributed by atoms with Gasteiger partial charge in [-0.1, -0.05) is 6.92 Å². The Morgan fingerprint density at radius 2 is 1.50 bits per heavy atom. The first-order valence-electron chi connectivity index (χ1n) is 8.79. The van der Waals surface area contributed by atoms with Crippen LogP contribution in [0.15, 0.2) is 0 Å². The summed E-state index contributed by atoms with van der Waals surface area (Å²) in [6, 6.07) is 0.793. The minimum Gasteiger partial charge on any atom is -0.374 e. The normalized spacial score (nSPS) is 17.5. The maximum absolute atomic E-state index is 5.88. The fourth-order valence-corrected chi connectivity index (χ4v) is 5.37. The number of ether oxygens (including phenoxy) is 2. The van der Waals surface area contributed by atoms with Gasteiger partial charge in [0.05, 0.1) is 5.60 Å². The molecule has 0 radical (unpaired) electrons. The van der Waals surface area contributed by atoms with E-state index in [4.69, 9.17) is 22.8 Å². The van der Waals surface area contributed by atoms with E-state index in [2.05, 4.69) is 6.92 Å². The molecular weight excluding hydrogens is 300 g/mol. The minimum absolute atomic E-state index is 0.0977. The Kier molecular flexibility index (Phi) is 9.78. The molecule has 1 fully saturated rings. The molecule has 1 aliphatic rings. The van der Waals surface area contributed by atoms with Crippen molar-refractivity contribution in [2.75, 3.05) is 33.2 Å². The molecule has 0 atom stereocenters. The molecule has 0 amide bonds. The van der Waals surface area contributed by atoms with Gasteiger partial charge in [-0.15, -0.1) is 0 Å². The third kappa shape index (κ3) is 6.26. The van der Waals surface area contributed by atoms with Gasteiger partial charge in [0.15, 0.2) is 0 Å². The molecule has 0 unspecified atom stereocenters. The van der Waals surface area contributed by atoms with E-state index >= 15 is 0 Å². The highest BCUT2D eigenvalue weighted by molar-refractivity contribution is 6.60. The summed E-state index contributed by atoms with van der Waals surface area (Å²) in [4.78, 5) is 0. The first kappa shape index (κ1) is 20.1. The van der Waals surface area contributed by atoms with Gasteiger partial charge < -0.3 is 22.8 Å². The Hall–Kier alpha value is 0.0169. The quantitative estimate of drug-likeness (QED) is 0.275. The molecular formula is C16H34O5Si. The largest absolute Gasteiger partial charge is 0.501 e. The van der Waals surface area contributed by atoms with Crippen molar-refractivity contribution in [1.29, 1.82) is 0 Å². The van der Waals surface area contributed by atoms with Crippen molar-refractivity contribution in [1.82, 2.24) is 0 Å². The molecule has 0 aromatic rings. The van der Waals surface area contributed by atoms with Crippen LogP contribution in [0, 0.1) is 0 Å². The number of rotatable bonds is 14. The van der Waals surface area contributed by atoms with Crippen molar-refractivity contribution in [2.45, 2.75) is 71.4 Å². The first-order valence-corrected chi connectivity index (χ1v) is 10.7. The molecule has 1 rings (SSSR count). The minimum atomic E-state index is -2.52. The molecule has 5 nitrogen and oxygen atoms in total.